The molecule has 1 aromatic carbocycles. The second-order valence-corrected chi connectivity index (χ2v) is 4.31. The molecule has 0 bridgehead atoms. The largest absolute Gasteiger partial charge is 0.493 e. The molecule has 0 fully saturated rings. The molecule has 0 heterocycles. The van der Waals surface area contributed by atoms with Gasteiger partial charge in [-0.2, -0.15) is 0 Å². The molecule has 4 heteroatoms. The van der Waals surface area contributed by atoms with Crippen molar-refractivity contribution < 1.29 is 14.6 Å². The van der Waals surface area contributed by atoms with Crippen molar-refractivity contribution in [3.05, 3.63) is 23.8 Å². The lowest BCUT2D eigenvalue weighted by atomic mass is 10.2. The Balaban J connectivity index is 2.63. The first-order valence-electron chi connectivity index (χ1n) is 6.35. The molecule has 2 N–H and O–H groups in total. The SMILES string of the molecule is CCCOc1cc(CNCC(C)O)ccc1OC. The molecule has 0 aliphatic carbocycles. The molecule has 0 aromatic heterocycles. The van der Waals surface area contributed by atoms with Crippen molar-refractivity contribution in [3.8, 4) is 11.5 Å². The van der Waals surface area contributed by atoms with Gasteiger partial charge >= 0.3 is 0 Å². The van der Waals surface area contributed by atoms with E-state index in [1.165, 1.54) is 0 Å². The molecule has 102 valence electrons. The van der Waals surface area contributed by atoms with Crippen molar-refractivity contribution >= 4 is 0 Å². The Bertz CT molecular complexity index is 353. The van der Waals surface area contributed by atoms with Crippen molar-refractivity contribution in [1.29, 1.82) is 0 Å². The molecular formula is C14H23NO3. The van der Waals surface area contributed by atoms with Gasteiger partial charge in [0.15, 0.2) is 11.5 Å². The van der Waals surface area contributed by atoms with Gasteiger partial charge in [0.05, 0.1) is 19.8 Å². The van der Waals surface area contributed by atoms with Crippen molar-refractivity contribution in [2.45, 2.75) is 32.9 Å². The van der Waals surface area contributed by atoms with Gasteiger partial charge in [-0.3, -0.25) is 0 Å². The molecule has 0 aliphatic rings. The normalized spacial score (nSPS) is 12.2. The van der Waals surface area contributed by atoms with E-state index in [1.54, 1.807) is 14.0 Å². The summed E-state index contributed by atoms with van der Waals surface area (Å²) in [5, 5.41) is 12.4. The summed E-state index contributed by atoms with van der Waals surface area (Å²) in [6, 6.07) is 5.88. The number of rotatable bonds is 8. The van der Waals surface area contributed by atoms with E-state index in [-0.39, 0.29) is 6.10 Å². The Kier molecular flexibility index (Phi) is 6.54. The molecule has 0 saturated heterocycles. The predicted octanol–water partition coefficient (Wildman–Crippen LogP) is 1.95. The molecule has 0 spiro atoms. The molecule has 1 atom stereocenters. The summed E-state index contributed by atoms with van der Waals surface area (Å²) >= 11 is 0. The zero-order chi connectivity index (χ0) is 13.4. The van der Waals surface area contributed by atoms with Crippen LogP contribution in [-0.4, -0.2) is 31.5 Å². The quantitative estimate of drug-likeness (QED) is 0.743. The third kappa shape index (κ3) is 4.94. The summed E-state index contributed by atoms with van der Waals surface area (Å²) in [7, 11) is 1.64. The van der Waals surface area contributed by atoms with Crippen LogP contribution in [0.3, 0.4) is 0 Å². The second kappa shape index (κ2) is 7.95. The van der Waals surface area contributed by atoms with Gasteiger partial charge in [-0.1, -0.05) is 13.0 Å². The fourth-order valence-electron chi connectivity index (χ4n) is 1.58. The van der Waals surface area contributed by atoms with Gasteiger partial charge in [-0.15, -0.1) is 0 Å². The maximum absolute atomic E-state index is 9.18. The fourth-order valence-corrected chi connectivity index (χ4v) is 1.58. The van der Waals surface area contributed by atoms with Gasteiger partial charge in [0.1, 0.15) is 0 Å². The zero-order valence-electron chi connectivity index (χ0n) is 11.4. The summed E-state index contributed by atoms with van der Waals surface area (Å²) in [6.45, 7) is 5.80. The van der Waals surface area contributed by atoms with E-state index in [0.717, 1.165) is 23.5 Å². The van der Waals surface area contributed by atoms with E-state index < -0.39 is 0 Å². The van der Waals surface area contributed by atoms with Crippen LogP contribution in [0.5, 0.6) is 11.5 Å². The van der Waals surface area contributed by atoms with Crippen LogP contribution in [0.1, 0.15) is 25.8 Å². The van der Waals surface area contributed by atoms with E-state index in [4.69, 9.17) is 9.47 Å². The Morgan fingerprint density at radius 3 is 2.72 bits per heavy atom. The minimum absolute atomic E-state index is 0.334. The molecular weight excluding hydrogens is 230 g/mol. The van der Waals surface area contributed by atoms with Crippen LogP contribution in [0.4, 0.5) is 0 Å². The Labute approximate surface area is 109 Å². The molecule has 0 aliphatic heterocycles. The summed E-state index contributed by atoms with van der Waals surface area (Å²) < 4.78 is 10.9. The molecule has 4 nitrogen and oxygen atoms in total. The third-order valence-electron chi connectivity index (χ3n) is 2.46. The summed E-state index contributed by atoms with van der Waals surface area (Å²) in [4.78, 5) is 0. The summed E-state index contributed by atoms with van der Waals surface area (Å²) in [5.74, 6) is 1.53. The van der Waals surface area contributed by atoms with Gasteiger partial charge < -0.3 is 19.9 Å². The topological polar surface area (TPSA) is 50.7 Å². The molecule has 1 aromatic rings. The number of methoxy groups -OCH3 is 1. The van der Waals surface area contributed by atoms with E-state index in [0.29, 0.717) is 19.7 Å². The van der Waals surface area contributed by atoms with E-state index >= 15 is 0 Å². The average Bonchev–Trinajstić information content (AvgIpc) is 2.36. The van der Waals surface area contributed by atoms with Crippen molar-refractivity contribution in [1.82, 2.24) is 5.32 Å². The molecule has 0 radical (unpaired) electrons. The molecule has 1 rings (SSSR count). The van der Waals surface area contributed by atoms with Crippen LogP contribution in [0, 0.1) is 0 Å². The first kappa shape index (κ1) is 14.8. The van der Waals surface area contributed by atoms with Gasteiger partial charge in [-0.25, -0.2) is 0 Å². The standard InChI is InChI=1S/C14H23NO3/c1-4-7-18-14-8-12(5-6-13(14)17-3)10-15-9-11(2)16/h5-6,8,11,15-16H,4,7,9-10H2,1-3H3. The number of hydrogen-bond acceptors (Lipinski definition) is 4. The minimum Gasteiger partial charge on any atom is -0.493 e. The van der Waals surface area contributed by atoms with Crippen molar-refractivity contribution in [3.63, 3.8) is 0 Å². The van der Waals surface area contributed by atoms with Gasteiger partial charge in [-0.05, 0) is 31.0 Å². The Morgan fingerprint density at radius 1 is 1.33 bits per heavy atom. The highest BCUT2D eigenvalue weighted by Crippen LogP contribution is 2.28. The maximum atomic E-state index is 9.18. The zero-order valence-corrected chi connectivity index (χ0v) is 11.4. The number of hydrogen-bond donors (Lipinski definition) is 2. The lowest BCUT2D eigenvalue weighted by molar-refractivity contribution is 0.191. The summed E-state index contributed by atoms with van der Waals surface area (Å²) in [5.41, 5.74) is 1.11. The third-order valence-corrected chi connectivity index (χ3v) is 2.46. The predicted molar refractivity (Wildman–Crippen MR) is 72.2 cm³/mol. The first-order chi connectivity index (χ1) is 8.67. The highest BCUT2D eigenvalue weighted by molar-refractivity contribution is 5.42. The monoisotopic (exact) mass is 253 g/mol. The van der Waals surface area contributed by atoms with Gasteiger partial charge in [0.25, 0.3) is 0 Å². The van der Waals surface area contributed by atoms with E-state index in [2.05, 4.69) is 12.2 Å². The minimum atomic E-state index is -0.334. The van der Waals surface area contributed by atoms with Crippen LogP contribution in [-0.2, 0) is 6.54 Å². The highest BCUT2D eigenvalue weighted by Gasteiger charge is 2.05. The molecule has 1 unspecified atom stereocenters. The van der Waals surface area contributed by atoms with E-state index in [1.807, 2.05) is 18.2 Å². The van der Waals surface area contributed by atoms with Crippen LogP contribution in [0.15, 0.2) is 18.2 Å². The fraction of sp³-hybridized carbons (Fsp3) is 0.571. The van der Waals surface area contributed by atoms with Crippen LogP contribution in [0.2, 0.25) is 0 Å². The van der Waals surface area contributed by atoms with Crippen molar-refractivity contribution in [2.24, 2.45) is 0 Å². The van der Waals surface area contributed by atoms with Crippen LogP contribution in [0.25, 0.3) is 0 Å². The van der Waals surface area contributed by atoms with Crippen LogP contribution >= 0.6 is 0 Å². The lowest BCUT2D eigenvalue weighted by Crippen LogP contribution is -2.23. The molecule has 0 amide bonds. The maximum Gasteiger partial charge on any atom is 0.161 e. The number of aliphatic hydroxyl groups is 1. The van der Waals surface area contributed by atoms with E-state index in [9.17, 15) is 5.11 Å². The number of ether oxygens (including phenoxy) is 2. The number of aliphatic hydroxyl groups excluding tert-OH is 1. The van der Waals surface area contributed by atoms with Crippen LogP contribution < -0.4 is 14.8 Å². The Hall–Kier alpha value is -1.26. The lowest BCUT2D eigenvalue weighted by Gasteiger charge is -2.12. The second-order valence-electron chi connectivity index (χ2n) is 4.31. The summed E-state index contributed by atoms with van der Waals surface area (Å²) in [6.07, 6.45) is 0.632. The number of benzene rings is 1. The van der Waals surface area contributed by atoms with Gasteiger partial charge in [0.2, 0.25) is 0 Å². The smallest absolute Gasteiger partial charge is 0.161 e. The molecule has 0 saturated carbocycles. The van der Waals surface area contributed by atoms with Crippen molar-refractivity contribution in [2.75, 3.05) is 20.3 Å². The Morgan fingerprint density at radius 2 is 2.11 bits per heavy atom. The van der Waals surface area contributed by atoms with Gasteiger partial charge in [0, 0.05) is 13.1 Å². The average molecular weight is 253 g/mol. The molecule has 18 heavy (non-hydrogen) atoms. The first-order valence-corrected chi connectivity index (χ1v) is 6.35. The highest BCUT2D eigenvalue weighted by atomic mass is 16.5. The number of nitrogens with one attached hydrogen (secondary N) is 1.